The van der Waals surface area contributed by atoms with E-state index in [0.29, 0.717) is 16.9 Å². The molecule has 1 atom stereocenters. The Hall–Kier alpha value is -3.59. The normalized spacial score (nSPS) is 11.4. The van der Waals surface area contributed by atoms with Crippen molar-refractivity contribution in [1.82, 2.24) is 15.1 Å². The maximum atomic E-state index is 12.5. The standard InChI is InChI=1S/C20H18N4O2/c1-14-8-9-15(10-19(14)26-2)20(25)23-18(11-21)16-12-22-24(13-16)17-6-4-3-5-7-17/h3-10,12-13,18H,1-2H3,(H,23,25). The van der Waals surface area contributed by atoms with Gasteiger partial charge in [0.2, 0.25) is 0 Å². The van der Waals surface area contributed by atoms with Gasteiger partial charge < -0.3 is 10.1 Å². The smallest absolute Gasteiger partial charge is 0.252 e. The molecule has 2 aromatic carbocycles. The number of hydrogen-bond donors (Lipinski definition) is 1. The second-order valence-corrected chi connectivity index (χ2v) is 5.77. The lowest BCUT2D eigenvalue weighted by molar-refractivity contribution is 0.0945. The van der Waals surface area contributed by atoms with Gasteiger partial charge in [0.1, 0.15) is 11.8 Å². The SMILES string of the molecule is COc1cc(C(=O)NC(C#N)c2cnn(-c3ccccc3)c2)ccc1C. The first-order valence-electron chi connectivity index (χ1n) is 8.07. The van der Waals surface area contributed by atoms with Gasteiger partial charge in [-0.2, -0.15) is 10.4 Å². The second-order valence-electron chi connectivity index (χ2n) is 5.77. The molecule has 1 unspecified atom stereocenters. The molecule has 3 rings (SSSR count). The number of benzene rings is 2. The predicted octanol–water partition coefficient (Wildman–Crippen LogP) is 3.18. The minimum absolute atomic E-state index is 0.345. The molecule has 1 heterocycles. The molecule has 1 amide bonds. The van der Waals surface area contributed by atoms with Crippen LogP contribution in [0.4, 0.5) is 0 Å². The van der Waals surface area contributed by atoms with Gasteiger partial charge in [0.05, 0.1) is 25.1 Å². The Bertz CT molecular complexity index is 957. The first-order chi connectivity index (χ1) is 12.6. The van der Waals surface area contributed by atoms with Gasteiger partial charge in [-0.25, -0.2) is 4.68 Å². The summed E-state index contributed by atoms with van der Waals surface area (Å²) in [5.41, 5.74) is 2.86. The molecule has 0 fully saturated rings. The van der Waals surface area contributed by atoms with E-state index in [1.165, 1.54) is 0 Å². The molecule has 3 aromatic rings. The topological polar surface area (TPSA) is 79.9 Å². The number of carbonyl (C=O) groups is 1. The first kappa shape index (κ1) is 17.2. The summed E-state index contributed by atoms with van der Waals surface area (Å²) >= 11 is 0. The molecule has 0 spiro atoms. The number of hydrogen-bond acceptors (Lipinski definition) is 4. The van der Waals surface area contributed by atoms with Crippen LogP contribution >= 0.6 is 0 Å². The lowest BCUT2D eigenvalue weighted by Crippen LogP contribution is -2.27. The van der Waals surface area contributed by atoms with Gasteiger partial charge in [-0.3, -0.25) is 4.79 Å². The number of nitrogens with zero attached hydrogens (tertiary/aromatic N) is 3. The van der Waals surface area contributed by atoms with Crippen LogP contribution in [0.15, 0.2) is 60.9 Å². The highest BCUT2D eigenvalue weighted by molar-refractivity contribution is 5.95. The molecular formula is C20H18N4O2. The van der Waals surface area contributed by atoms with E-state index in [4.69, 9.17) is 4.74 Å². The van der Waals surface area contributed by atoms with Crippen LogP contribution in [0, 0.1) is 18.3 Å². The summed E-state index contributed by atoms with van der Waals surface area (Å²) in [7, 11) is 1.56. The van der Waals surface area contributed by atoms with Crippen molar-refractivity contribution in [2.45, 2.75) is 13.0 Å². The number of rotatable bonds is 5. The van der Waals surface area contributed by atoms with Crippen molar-refractivity contribution >= 4 is 5.91 Å². The van der Waals surface area contributed by atoms with E-state index in [1.54, 1.807) is 36.3 Å². The molecular weight excluding hydrogens is 328 g/mol. The number of methoxy groups -OCH3 is 1. The zero-order valence-electron chi connectivity index (χ0n) is 14.5. The molecule has 0 bridgehead atoms. The van der Waals surface area contributed by atoms with Gasteiger partial charge in [-0.1, -0.05) is 24.3 Å². The van der Waals surface area contributed by atoms with E-state index in [0.717, 1.165) is 11.3 Å². The number of nitrogens with one attached hydrogen (secondary N) is 1. The highest BCUT2D eigenvalue weighted by atomic mass is 16.5. The van der Waals surface area contributed by atoms with Crippen molar-refractivity contribution in [3.8, 4) is 17.5 Å². The number of nitriles is 1. The van der Waals surface area contributed by atoms with Crippen LogP contribution in [0.2, 0.25) is 0 Å². The summed E-state index contributed by atoms with van der Waals surface area (Å²) in [5, 5.41) is 16.5. The summed E-state index contributed by atoms with van der Waals surface area (Å²) in [4.78, 5) is 12.5. The van der Waals surface area contributed by atoms with Crippen LogP contribution in [-0.4, -0.2) is 22.8 Å². The van der Waals surface area contributed by atoms with E-state index in [-0.39, 0.29) is 5.91 Å². The third-order valence-electron chi connectivity index (χ3n) is 4.03. The van der Waals surface area contributed by atoms with E-state index in [1.807, 2.05) is 43.3 Å². The Morgan fingerprint density at radius 1 is 1.27 bits per heavy atom. The van der Waals surface area contributed by atoms with E-state index in [2.05, 4.69) is 16.5 Å². The molecule has 0 saturated carbocycles. The lowest BCUT2D eigenvalue weighted by Gasteiger charge is -2.11. The van der Waals surface area contributed by atoms with E-state index >= 15 is 0 Å². The minimum atomic E-state index is -0.799. The van der Waals surface area contributed by atoms with Gasteiger partial charge in [-0.15, -0.1) is 0 Å². The van der Waals surface area contributed by atoms with Crippen LogP contribution in [0.1, 0.15) is 27.5 Å². The van der Waals surface area contributed by atoms with Gasteiger partial charge in [0, 0.05) is 17.3 Å². The van der Waals surface area contributed by atoms with Crippen LogP contribution in [-0.2, 0) is 0 Å². The molecule has 0 aliphatic heterocycles. The van der Waals surface area contributed by atoms with Crippen LogP contribution in [0.25, 0.3) is 5.69 Å². The summed E-state index contributed by atoms with van der Waals surface area (Å²) in [6.45, 7) is 1.90. The summed E-state index contributed by atoms with van der Waals surface area (Å²) in [6, 6.07) is 16.0. The van der Waals surface area contributed by atoms with Gasteiger partial charge in [-0.05, 0) is 36.8 Å². The second kappa shape index (κ2) is 7.53. The van der Waals surface area contributed by atoms with Crippen molar-refractivity contribution in [1.29, 1.82) is 5.26 Å². The predicted molar refractivity (Wildman–Crippen MR) is 97.1 cm³/mol. The van der Waals surface area contributed by atoms with Crippen molar-refractivity contribution < 1.29 is 9.53 Å². The molecule has 6 nitrogen and oxygen atoms in total. The Morgan fingerprint density at radius 3 is 2.73 bits per heavy atom. The Balaban J connectivity index is 1.79. The van der Waals surface area contributed by atoms with E-state index in [9.17, 15) is 10.1 Å². The number of para-hydroxylation sites is 1. The van der Waals surface area contributed by atoms with Crippen LogP contribution in [0.5, 0.6) is 5.75 Å². The molecule has 0 saturated heterocycles. The monoisotopic (exact) mass is 346 g/mol. The average molecular weight is 346 g/mol. The molecule has 0 aliphatic carbocycles. The van der Waals surface area contributed by atoms with Gasteiger partial charge in [0.15, 0.2) is 0 Å². The summed E-state index contributed by atoms with van der Waals surface area (Å²) in [5.74, 6) is 0.283. The molecule has 1 N–H and O–H groups in total. The highest BCUT2D eigenvalue weighted by Gasteiger charge is 2.18. The van der Waals surface area contributed by atoms with Crippen molar-refractivity contribution in [2.75, 3.05) is 7.11 Å². The molecule has 26 heavy (non-hydrogen) atoms. The summed E-state index contributed by atoms with van der Waals surface area (Å²) < 4.78 is 6.91. The molecule has 1 aromatic heterocycles. The van der Waals surface area contributed by atoms with Gasteiger partial charge >= 0.3 is 0 Å². The number of amides is 1. The first-order valence-corrected chi connectivity index (χ1v) is 8.07. The summed E-state index contributed by atoms with van der Waals surface area (Å²) in [6.07, 6.45) is 3.32. The minimum Gasteiger partial charge on any atom is -0.496 e. The molecule has 130 valence electrons. The maximum Gasteiger partial charge on any atom is 0.252 e. The number of ether oxygens (including phenoxy) is 1. The third-order valence-corrected chi connectivity index (χ3v) is 4.03. The molecule has 6 heteroatoms. The maximum absolute atomic E-state index is 12.5. The van der Waals surface area contributed by atoms with Crippen molar-refractivity contribution in [3.63, 3.8) is 0 Å². The fraction of sp³-hybridized carbons (Fsp3) is 0.150. The Labute approximate surface area is 151 Å². The van der Waals surface area contributed by atoms with Crippen LogP contribution in [0.3, 0.4) is 0 Å². The fourth-order valence-electron chi connectivity index (χ4n) is 2.57. The fourth-order valence-corrected chi connectivity index (χ4v) is 2.57. The van der Waals surface area contributed by atoms with Crippen molar-refractivity contribution in [3.05, 3.63) is 77.6 Å². The van der Waals surface area contributed by atoms with Crippen LogP contribution < -0.4 is 10.1 Å². The molecule has 0 aliphatic rings. The van der Waals surface area contributed by atoms with Gasteiger partial charge in [0.25, 0.3) is 5.91 Å². The number of carbonyl (C=O) groups excluding carboxylic acids is 1. The quantitative estimate of drug-likeness (QED) is 0.769. The Morgan fingerprint density at radius 2 is 2.04 bits per heavy atom. The number of aryl methyl sites for hydroxylation is 1. The average Bonchev–Trinajstić information content (AvgIpc) is 3.17. The number of aromatic nitrogens is 2. The lowest BCUT2D eigenvalue weighted by atomic mass is 10.1. The molecule has 0 radical (unpaired) electrons. The third kappa shape index (κ3) is 3.57. The van der Waals surface area contributed by atoms with Crippen molar-refractivity contribution in [2.24, 2.45) is 0 Å². The Kier molecular flexibility index (Phi) is 4.99. The zero-order valence-corrected chi connectivity index (χ0v) is 14.5. The largest absolute Gasteiger partial charge is 0.496 e. The van der Waals surface area contributed by atoms with E-state index < -0.39 is 6.04 Å². The highest BCUT2D eigenvalue weighted by Crippen LogP contribution is 2.20. The zero-order chi connectivity index (χ0) is 18.5.